The number of amides is 2. The highest BCUT2D eigenvalue weighted by Crippen LogP contribution is 2.10. The van der Waals surface area contributed by atoms with Gasteiger partial charge in [-0.15, -0.1) is 0 Å². The molecule has 1 heterocycles. The molecule has 1 aliphatic heterocycles. The molecule has 1 saturated heterocycles. The van der Waals surface area contributed by atoms with Crippen LogP contribution in [0.4, 0.5) is 0 Å². The highest BCUT2D eigenvalue weighted by Gasteiger charge is 2.17. The third kappa shape index (κ3) is 15.0. The number of primary amides is 1. The Kier molecular flexibility index (Phi) is 18.6. The lowest BCUT2D eigenvalue weighted by molar-refractivity contribution is -0.129. The number of benzene rings is 1. The molecule has 1 aliphatic rings. The predicted octanol–water partition coefficient (Wildman–Crippen LogP) is 5.28. The third-order valence-corrected chi connectivity index (χ3v) is 5.73. The molecule has 32 heavy (non-hydrogen) atoms. The number of rotatable bonds is 12. The molecule has 184 valence electrons. The smallest absolute Gasteiger partial charge is 0.226 e. The average molecular weight is 448 g/mol. The van der Waals surface area contributed by atoms with E-state index in [4.69, 9.17) is 5.73 Å². The van der Waals surface area contributed by atoms with Gasteiger partial charge in [-0.05, 0) is 63.2 Å². The van der Waals surface area contributed by atoms with E-state index in [2.05, 4.69) is 25.7 Å². The number of nitrogens with zero attached hydrogens (tertiary/aromatic N) is 2. The van der Waals surface area contributed by atoms with E-state index >= 15 is 0 Å². The summed E-state index contributed by atoms with van der Waals surface area (Å²) in [7, 11) is 0. The molecule has 1 aromatic rings. The van der Waals surface area contributed by atoms with E-state index in [1.54, 1.807) is 0 Å². The highest BCUT2D eigenvalue weighted by molar-refractivity contribution is 5.79. The fraction of sp³-hybridized carbons (Fsp3) is 0.704. The maximum Gasteiger partial charge on any atom is 0.226 e. The monoisotopic (exact) mass is 447 g/mol. The summed E-state index contributed by atoms with van der Waals surface area (Å²) >= 11 is 0. The van der Waals surface area contributed by atoms with Gasteiger partial charge in [-0.25, -0.2) is 0 Å². The van der Waals surface area contributed by atoms with Crippen molar-refractivity contribution in [2.45, 2.75) is 86.0 Å². The fourth-order valence-electron chi connectivity index (χ4n) is 3.58. The van der Waals surface area contributed by atoms with Crippen molar-refractivity contribution in [2.75, 3.05) is 32.7 Å². The molecule has 2 rings (SSSR count). The van der Waals surface area contributed by atoms with Gasteiger partial charge in [-0.2, -0.15) is 0 Å². The Morgan fingerprint density at radius 3 is 2.19 bits per heavy atom. The van der Waals surface area contributed by atoms with E-state index in [1.807, 2.05) is 49.1 Å². The lowest BCUT2D eigenvalue weighted by Crippen LogP contribution is -2.28. The van der Waals surface area contributed by atoms with Crippen LogP contribution in [-0.4, -0.2) is 54.3 Å². The predicted molar refractivity (Wildman–Crippen MR) is 137 cm³/mol. The normalized spacial score (nSPS) is 13.6. The topological polar surface area (TPSA) is 66.6 Å². The van der Waals surface area contributed by atoms with Crippen molar-refractivity contribution in [3.8, 4) is 0 Å². The zero-order valence-corrected chi connectivity index (χ0v) is 21.4. The van der Waals surface area contributed by atoms with Crippen molar-refractivity contribution < 1.29 is 9.59 Å². The van der Waals surface area contributed by atoms with Crippen LogP contribution in [-0.2, 0) is 16.0 Å². The van der Waals surface area contributed by atoms with E-state index in [0.29, 0.717) is 12.8 Å². The molecule has 5 nitrogen and oxygen atoms in total. The summed E-state index contributed by atoms with van der Waals surface area (Å²) in [5.74, 6) is 0.891. The summed E-state index contributed by atoms with van der Waals surface area (Å²) in [6, 6.07) is 9.95. The van der Waals surface area contributed by atoms with Crippen LogP contribution in [0.3, 0.4) is 0 Å². The number of hydrogen-bond donors (Lipinski definition) is 1. The van der Waals surface area contributed by atoms with Gasteiger partial charge in [0, 0.05) is 19.5 Å². The van der Waals surface area contributed by atoms with E-state index in [1.165, 1.54) is 32.1 Å². The highest BCUT2D eigenvalue weighted by atomic mass is 16.2. The average Bonchev–Trinajstić information content (AvgIpc) is 3.35. The van der Waals surface area contributed by atoms with Crippen molar-refractivity contribution in [3.05, 3.63) is 35.9 Å². The second-order valence-electron chi connectivity index (χ2n) is 8.46. The maximum atomic E-state index is 11.7. The molecule has 0 aromatic heterocycles. The Balaban J connectivity index is 0.000000559. The quantitative estimate of drug-likeness (QED) is 0.474. The molecule has 5 heteroatoms. The summed E-state index contributed by atoms with van der Waals surface area (Å²) in [6.07, 6.45) is 7.99. The number of likely N-dealkylation sites (tertiary alicyclic amines) is 1. The largest absolute Gasteiger partial charge is 0.370 e. The van der Waals surface area contributed by atoms with Crippen LogP contribution in [0.25, 0.3) is 0 Å². The third-order valence-electron chi connectivity index (χ3n) is 5.73. The second kappa shape index (κ2) is 19.8. The molecule has 1 atom stereocenters. The zero-order chi connectivity index (χ0) is 24.2. The van der Waals surface area contributed by atoms with Crippen molar-refractivity contribution in [1.82, 2.24) is 9.80 Å². The summed E-state index contributed by atoms with van der Waals surface area (Å²) in [4.78, 5) is 26.8. The van der Waals surface area contributed by atoms with Crippen LogP contribution in [0.1, 0.15) is 85.1 Å². The zero-order valence-electron chi connectivity index (χ0n) is 21.4. The van der Waals surface area contributed by atoms with Crippen LogP contribution in [0.5, 0.6) is 0 Å². The Bertz CT molecular complexity index is 586. The summed E-state index contributed by atoms with van der Waals surface area (Å²) in [6.45, 7) is 15.9. The second-order valence-corrected chi connectivity index (χ2v) is 8.46. The first-order valence-electron chi connectivity index (χ1n) is 12.8. The van der Waals surface area contributed by atoms with Gasteiger partial charge in [-0.3, -0.25) is 9.59 Å². The van der Waals surface area contributed by atoms with Crippen LogP contribution in [0.2, 0.25) is 0 Å². The van der Waals surface area contributed by atoms with Gasteiger partial charge >= 0.3 is 0 Å². The fourth-order valence-corrected chi connectivity index (χ4v) is 3.58. The minimum absolute atomic E-state index is 0.182. The first-order chi connectivity index (χ1) is 15.5. The van der Waals surface area contributed by atoms with E-state index < -0.39 is 0 Å². The van der Waals surface area contributed by atoms with Gasteiger partial charge in [0.15, 0.2) is 0 Å². The van der Waals surface area contributed by atoms with Gasteiger partial charge in [-0.1, -0.05) is 71.4 Å². The SMILES string of the molecule is CC.CCCN(CCCC(N)=O)CCC(C)CC.O=C(Cc1ccccc1)N1CCCC1. The molecule has 0 saturated carbocycles. The molecular weight excluding hydrogens is 398 g/mol. The van der Waals surface area contributed by atoms with E-state index in [9.17, 15) is 9.59 Å². The summed E-state index contributed by atoms with van der Waals surface area (Å²) in [5.41, 5.74) is 6.25. The standard InChI is InChI=1S/C13H28N2O.C12H15NO.C2H6/c1-4-9-15(10-6-7-13(14)16)11-8-12(3)5-2;14-12(13-8-4-5-9-13)10-11-6-2-1-3-7-11;1-2/h12H,4-11H2,1-3H3,(H2,14,16);1-3,6-7H,4-5,8-10H2;1-2H3. The molecule has 1 fully saturated rings. The summed E-state index contributed by atoms with van der Waals surface area (Å²) in [5, 5.41) is 0. The van der Waals surface area contributed by atoms with Crippen molar-refractivity contribution in [3.63, 3.8) is 0 Å². The molecule has 0 bridgehead atoms. The van der Waals surface area contributed by atoms with Gasteiger partial charge in [0.2, 0.25) is 11.8 Å². The van der Waals surface area contributed by atoms with Crippen LogP contribution in [0.15, 0.2) is 30.3 Å². The first-order valence-corrected chi connectivity index (χ1v) is 12.8. The van der Waals surface area contributed by atoms with E-state index in [-0.39, 0.29) is 11.8 Å². The molecular formula is C27H49N3O2. The molecule has 0 aliphatic carbocycles. The summed E-state index contributed by atoms with van der Waals surface area (Å²) < 4.78 is 0. The minimum Gasteiger partial charge on any atom is -0.370 e. The van der Waals surface area contributed by atoms with Gasteiger partial charge in [0.25, 0.3) is 0 Å². The molecule has 1 aromatic carbocycles. The number of nitrogens with two attached hydrogens (primary N) is 1. The molecule has 2 N–H and O–H groups in total. The first kappa shape index (κ1) is 30.1. The van der Waals surface area contributed by atoms with Crippen molar-refractivity contribution in [2.24, 2.45) is 11.7 Å². The van der Waals surface area contributed by atoms with Crippen molar-refractivity contribution in [1.29, 1.82) is 0 Å². The molecule has 0 spiro atoms. The maximum absolute atomic E-state index is 11.7. The number of carbonyl (C=O) groups excluding carboxylic acids is 2. The Hall–Kier alpha value is -1.88. The van der Waals surface area contributed by atoms with Gasteiger partial charge < -0.3 is 15.5 Å². The van der Waals surface area contributed by atoms with Gasteiger partial charge in [0.05, 0.1) is 6.42 Å². The molecule has 2 amide bonds. The Labute approximate surface area is 197 Å². The molecule has 1 unspecified atom stereocenters. The Morgan fingerprint density at radius 1 is 1.03 bits per heavy atom. The number of carbonyl (C=O) groups is 2. The van der Waals surface area contributed by atoms with Crippen LogP contribution in [0, 0.1) is 5.92 Å². The minimum atomic E-state index is -0.182. The van der Waals surface area contributed by atoms with Crippen LogP contribution >= 0.6 is 0 Å². The lowest BCUT2D eigenvalue weighted by atomic mass is 10.0. The van der Waals surface area contributed by atoms with Gasteiger partial charge in [0.1, 0.15) is 0 Å². The Morgan fingerprint density at radius 2 is 1.66 bits per heavy atom. The lowest BCUT2D eigenvalue weighted by Gasteiger charge is -2.22. The number of hydrogen-bond acceptors (Lipinski definition) is 3. The van der Waals surface area contributed by atoms with Crippen LogP contribution < -0.4 is 5.73 Å². The molecule has 0 radical (unpaired) electrons. The van der Waals surface area contributed by atoms with E-state index in [0.717, 1.165) is 50.6 Å². The van der Waals surface area contributed by atoms with Crippen molar-refractivity contribution >= 4 is 11.8 Å².